The van der Waals surface area contributed by atoms with Crippen LogP contribution >= 0.6 is 0 Å². The van der Waals surface area contributed by atoms with Crippen LogP contribution < -0.4 is 10.1 Å². The van der Waals surface area contributed by atoms with Gasteiger partial charge >= 0.3 is 6.61 Å². The fourth-order valence-corrected chi connectivity index (χ4v) is 2.62. The number of hydrogen-bond donors (Lipinski definition) is 1. The summed E-state index contributed by atoms with van der Waals surface area (Å²) in [6.45, 7) is -2.82. The van der Waals surface area contributed by atoms with Crippen LogP contribution in [0.2, 0.25) is 0 Å². The van der Waals surface area contributed by atoms with E-state index in [-0.39, 0.29) is 17.9 Å². The Morgan fingerprint density at radius 2 is 2.28 bits per heavy atom. The number of halogens is 2. The number of anilines is 1. The van der Waals surface area contributed by atoms with E-state index >= 15 is 0 Å². The van der Waals surface area contributed by atoms with E-state index in [0.717, 1.165) is 19.3 Å². The predicted octanol–water partition coefficient (Wildman–Crippen LogP) is 2.41. The fraction of sp³-hybridized carbons (Fsp3) is 0.583. The van der Waals surface area contributed by atoms with Gasteiger partial charge in [0.2, 0.25) is 0 Å². The summed E-state index contributed by atoms with van der Waals surface area (Å²) in [5.41, 5.74) is 0. The van der Waals surface area contributed by atoms with Crippen molar-refractivity contribution in [1.82, 2.24) is 4.98 Å². The first-order valence-corrected chi connectivity index (χ1v) is 6.03. The highest BCUT2D eigenvalue weighted by molar-refractivity contribution is 5.39. The lowest BCUT2D eigenvalue weighted by Crippen LogP contribution is -2.30. The Bertz CT molecular complexity index is 413. The van der Waals surface area contributed by atoms with E-state index in [0.29, 0.717) is 11.9 Å². The highest BCUT2D eigenvalue weighted by Gasteiger charge is 2.40. The molecule has 0 unspecified atom stereocenters. The molecular formula is C12H14F2N2O2. The van der Waals surface area contributed by atoms with Crippen molar-refractivity contribution in [2.45, 2.75) is 44.1 Å². The quantitative estimate of drug-likeness (QED) is 0.898. The number of ether oxygens (including phenoxy) is 2. The van der Waals surface area contributed by atoms with Gasteiger partial charge < -0.3 is 14.8 Å². The van der Waals surface area contributed by atoms with Gasteiger partial charge in [-0.05, 0) is 31.4 Å². The smallest absolute Gasteiger partial charge is 0.387 e. The van der Waals surface area contributed by atoms with Crippen LogP contribution in [0, 0.1) is 0 Å². The fourth-order valence-electron chi connectivity index (χ4n) is 2.62. The van der Waals surface area contributed by atoms with E-state index in [1.807, 2.05) is 0 Å². The van der Waals surface area contributed by atoms with Crippen LogP contribution in [0.5, 0.6) is 5.75 Å². The van der Waals surface area contributed by atoms with Crippen LogP contribution in [-0.4, -0.2) is 29.8 Å². The Morgan fingerprint density at radius 3 is 2.83 bits per heavy atom. The average molecular weight is 256 g/mol. The van der Waals surface area contributed by atoms with Gasteiger partial charge in [0.1, 0.15) is 11.6 Å². The topological polar surface area (TPSA) is 43.4 Å². The Morgan fingerprint density at radius 1 is 1.39 bits per heavy atom. The molecular weight excluding hydrogens is 242 g/mol. The Hall–Kier alpha value is -1.43. The van der Waals surface area contributed by atoms with Crippen molar-refractivity contribution in [3.63, 3.8) is 0 Å². The van der Waals surface area contributed by atoms with E-state index in [4.69, 9.17) is 4.74 Å². The molecule has 1 N–H and O–H groups in total. The van der Waals surface area contributed by atoms with Crippen molar-refractivity contribution in [2.75, 3.05) is 5.32 Å². The Labute approximate surface area is 103 Å². The highest BCUT2D eigenvalue weighted by atomic mass is 19.3. The minimum atomic E-state index is -2.82. The lowest BCUT2D eigenvalue weighted by Gasteiger charge is -2.20. The molecule has 6 heteroatoms. The Balaban J connectivity index is 1.60. The summed E-state index contributed by atoms with van der Waals surface area (Å²) < 4.78 is 33.9. The molecule has 3 heterocycles. The van der Waals surface area contributed by atoms with Gasteiger partial charge in [0.05, 0.1) is 24.4 Å². The largest absolute Gasteiger partial charge is 0.433 e. The van der Waals surface area contributed by atoms with Crippen LogP contribution in [0.15, 0.2) is 18.3 Å². The molecule has 0 spiro atoms. The number of pyridine rings is 1. The van der Waals surface area contributed by atoms with E-state index in [1.54, 1.807) is 6.07 Å². The van der Waals surface area contributed by atoms with Gasteiger partial charge in [0.15, 0.2) is 0 Å². The molecule has 0 saturated carbocycles. The third-order valence-corrected chi connectivity index (χ3v) is 3.40. The van der Waals surface area contributed by atoms with Gasteiger partial charge in [-0.25, -0.2) is 4.98 Å². The van der Waals surface area contributed by atoms with Crippen LogP contribution in [0.1, 0.15) is 19.3 Å². The maximum absolute atomic E-state index is 12.0. The third-order valence-electron chi connectivity index (χ3n) is 3.40. The van der Waals surface area contributed by atoms with E-state index in [2.05, 4.69) is 15.0 Å². The van der Waals surface area contributed by atoms with Gasteiger partial charge in [-0.2, -0.15) is 8.78 Å². The molecule has 2 bridgehead atoms. The van der Waals surface area contributed by atoms with Gasteiger partial charge in [0.25, 0.3) is 0 Å². The SMILES string of the molecule is FC(F)Oc1ccc(N[C@H]2C[C@H]3CC[C@H]2O3)nc1. The van der Waals surface area contributed by atoms with Crippen LogP contribution in [0.25, 0.3) is 0 Å². The van der Waals surface area contributed by atoms with E-state index < -0.39 is 6.61 Å². The summed E-state index contributed by atoms with van der Waals surface area (Å²) in [5.74, 6) is 0.734. The molecule has 2 aliphatic rings. The molecule has 1 aromatic heterocycles. The normalized spacial score (nSPS) is 29.8. The molecule has 18 heavy (non-hydrogen) atoms. The molecule has 2 saturated heterocycles. The zero-order valence-electron chi connectivity index (χ0n) is 9.68. The summed E-state index contributed by atoms with van der Waals surface area (Å²) in [5, 5.41) is 3.27. The second-order valence-electron chi connectivity index (χ2n) is 4.62. The lowest BCUT2D eigenvalue weighted by molar-refractivity contribution is -0.0500. The summed E-state index contributed by atoms with van der Waals surface area (Å²) in [6, 6.07) is 3.40. The van der Waals surface area contributed by atoms with E-state index in [1.165, 1.54) is 12.3 Å². The number of aromatic nitrogens is 1. The molecule has 1 aromatic rings. The van der Waals surface area contributed by atoms with Crippen molar-refractivity contribution in [3.8, 4) is 5.75 Å². The Kier molecular flexibility index (Phi) is 3.03. The molecule has 0 radical (unpaired) electrons. The molecule has 3 atom stereocenters. The maximum atomic E-state index is 12.0. The van der Waals surface area contributed by atoms with Gasteiger partial charge in [-0.3, -0.25) is 0 Å². The van der Waals surface area contributed by atoms with Gasteiger partial charge in [-0.15, -0.1) is 0 Å². The van der Waals surface area contributed by atoms with Crippen molar-refractivity contribution >= 4 is 5.82 Å². The molecule has 98 valence electrons. The summed E-state index contributed by atoms with van der Waals surface area (Å²) in [7, 11) is 0. The van der Waals surface area contributed by atoms with Crippen LogP contribution in [0.3, 0.4) is 0 Å². The molecule has 3 rings (SSSR count). The molecule has 2 fully saturated rings. The standard InChI is InChI=1S/C12H14F2N2O2/c13-12(14)18-8-2-4-11(15-6-8)16-9-5-7-1-3-10(9)17-7/h2,4,6-7,9-10,12H,1,3,5H2,(H,15,16)/t7-,9+,10-/m1/s1. The van der Waals surface area contributed by atoms with E-state index in [9.17, 15) is 8.78 Å². The average Bonchev–Trinajstić information content (AvgIpc) is 2.93. The second kappa shape index (κ2) is 4.68. The molecule has 0 amide bonds. The minimum absolute atomic E-state index is 0.0692. The third kappa shape index (κ3) is 2.38. The first-order valence-electron chi connectivity index (χ1n) is 6.03. The molecule has 0 aromatic carbocycles. The molecule has 2 aliphatic heterocycles. The zero-order valence-corrected chi connectivity index (χ0v) is 9.68. The summed E-state index contributed by atoms with van der Waals surface area (Å²) in [4.78, 5) is 4.05. The predicted molar refractivity (Wildman–Crippen MR) is 60.8 cm³/mol. The van der Waals surface area contributed by atoms with Crippen LogP contribution in [-0.2, 0) is 4.74 Å². The van der Waals surface area contributed by atoms with Crippen molar-refractivity contribution in [1.29, 1.82) is 0 Å². The van der Waals surface area contributed by atoms with Crippen LogP contribution in [0.4, 0.5) is 14.6 Å². The number of nitrogens with zero attached hydrogens (tertiary/aromatic N) is 1. The minimum Gasteiger partial charge on any atom is -0.433 e. The maximum Gasteiger partial charge on any atom is 0.387 e. The first kappa shape index (κ1) is 11.6. The number of nitrogens with one attached hydrogen (secondary N) is 1. The first-order chi connectivity index (χ1) is 8.70. The number of alkyl halides is 2. The van der Waals surface area contributed by atoms with Gasteiger partial charge in [-0.1, -0.05) is 0 Å². The summed E-state index contributed by atoms with van der Waals surface area (Å²) in [6.07, 6.45) is 5.12. The zero-order chi connectivity index (χ0) is 12.5. The molecule has 4 nitrogen and oxygen atoms in total. The second-order valence-corrected chi connectivity index (χ2v) is 4.62. The van der Waals surface area contributed by atoms with Crippen molar-refractivity contribution in [3.05, 3.63) is 18.3 Å². The number of hydrogen-bond acceptors (Lipinski definition) is 4. The monoisotopic (exact) mass is 256 g/mol. The van der Waals surface area contributed by atoms with Crippen molar-refractivity contribution in [2.24, 2.45) is 0 Å². The highest BCUT2D eigenvalue weighted by Crippen LogP contribution is 2.35. The summed E-state index contributed by atoms with van der Waals surface area (Å²) >= 11 is 0. The lowest BCUT2D eigenvalue weighted by atomic mass is 9.95. The van der Waals surface area contributed by atoms with Crippen molar-refractivity contribution < 1.29 is 18.3 Å². The molecule has 0 aliphatic carbocycles. The number of fused-ring (bicyclic) bond motifs is 2. The van der Waals surface area contributed by atoms with Gasteiger partial charge in [0, 0.05) is 0 Å². The number of rotatable bonds is 4.